The van der Waals surface area contributed by atoms with Crippen LogP contribution in [0.4, 0.5) is 0 Å². The Kier molecular flexibility index (Phi) is 9.62. The standard InChI is InChI=1S/C27H29NO11.C6H6N6O2/c1-10-22(31)13(28)6-17(38-10)39-15-8-27(36,16(30)9-29)7-12-19(15)26(35)21-20(24(12)33)23(32)11-4-3-5-14(37-2)18(11)25(21)34;1-11-6(14)12-2-8-3(4(7)13)5(12)9-10-11/h3-5,10,13,15,17,22,29,31,33,35-36H,6-9,28H2,1-2H3;2H,1H3,(H2,7,13)/t10-,13-,15-,17-,22+,27-;/m0./s1. The van der Waals surface area contributed by atoms with Crippen LogP contribution in [0, 0.1) is 0 Å². The number of rotatable bonds is 6. The van der Waals surface area contributed by atoms with E-state index < -0.39 is 107 Å². The van der Waals surface area contributed by atoms with Crippen molar-refractivity contribution in [2.24, 2.45) is 18.5 Å². The number of phenols is 2. The van der Waals surface area contributed by atoms with E-state index >= 15 is 0 Å². The molecule has 9 N–H and O–H groups in total. The SMILES string of the molecule is COc1cccc2c1C(=O)c1c(O)c3c(c(O)c1C2=O)C[C@@](O)(C(=O)CO)C[C@@H]3O[C@H]1C[C@H](N)[C@H](O)[C@H](C)O1.Cn1nnc2c(C(N)=O)ncn2c1=O. The highest BCUT2D eigenvalue weighted by Gasteiger charge is 2.50. The van der Waals surface area contributed by atoms with E-state index in [9.17, 15) is 49.5 Å². The molecule has 1 saturated heterocycles. The van der Waals surface area contributed by atoms with Gasteiger partial charge in [-0.3, -0.25) is 19.2 Å². The molecule has 1 aliphatic heterocycles. The number of benzene rings is 2. The van der Waals surface area contributed by atoms with Crippen molar-refractivity contribution in [2.45, 2.75) is 62.4 Å². The number of ketones is 3. The lowest BCUT2D eigenvalue weighted by Crippen LogP contribution is -2.53. The fourth-order valence-corrected chi connectivity index (χ4v) is 6.81. The number of methoxy groups -OCH3 is 1. The summed E-state index contributed by atoms with van der Waals surface area (Å²) in [5.41, 5.74) is 6.97. The molecule has 2 aromatic carbocycles. The number of aliphatic hydroxyl groups excluding tert-OH is 2. The largest absolute Gasteiger partial charge is 0.507 e. The molecule has 280 valence electrons. The molecule has 20 nitrogen and oxygen atoms in total. The minimum absolute atomic E-state index is 0.0173. The van der Waals surface area contributed by atoms with Crippen LogP contribution in [-0.4, -0.2) is 117 Å². The maximum atomic E-state index is 13.6. The average Bonchev–Trinajstić information content (AvgIpc) is 3.57. The normalized spacial score (nSPS) is 24.8. The number of aromatic nitrogens is 5. The Bertz CT molecular complexity index is 2240. The lowest BCUT2D eigenvalue weighted by Gasteiger charge is -2.42. The summed E-state index contributed by atoms with van der Waals surface area (Å²) in [7, 11) is 2.77. The van der Waals surface area contributed by atoms with E-state index in [0.717, 1.165) is 9.08 Å². The number of amides is 1. The summed E-state index contributed by atoms with van der Waals surface area (Å²) < 4.78 is 19.1. The van der Waals surface area contributed by atoms with Crippen LogP contribution in [0.2, 0.25) is 0 Å². The summed E-state index contributed by atoms with van der Waals surface area (Å²) in [5, 5.41) is 60.8. The number of Topliss-reactive ketones (excluding diaryl/α,β-unsaturated/α-hetero) is 1. The topological polar surface area (TPSA) is 314 Å². The number of carbonyl (C=O) groups excluding carboxylic acids is 4. The van der Waals surface area contributed by atoms with Gasteiger partial charge in [0.25, 0.3) is 5.91 Å². The van der Waals surface area contributed by atoms with Crippen LogP contribution >= 0.6 is 0 Å². The highest BCUT2D eigenvalue weighted by atomic mass is 16.7. The van der Waals surface area contributed by atoms with Crippen molar-refractivity contribution in [3.05, 3.63) is 74.1 Å². The fraction of sp³-hybridized carbons (Fsp3) is 0.394. The number of hydrogen-bond acceptors (Lipinski definition) is 17. The molecule has 0 radical (unpaired) electrons. The molecule has 0 unspecified atom stereocenters. The quantitative estimate of drug-likeness (QED) is 0.0920. The van der Waals surface area contributed by atoms with E-state index in [-0.39, 0.29) is 45.8 Å². The summed E-state index contributed by atoms with van der Waals surface area (Å²) in [6.45, 7) is 0.560. The maximum Gasteiger partial charge on any atom is 0.352 e. The van der Waals surface area contributed by atoms with Crippen molar-refractivity contribution < 1.29 is 58.9 Å². The number of aryl methyl sites for hydroxylation is 1. The first-order valence-electron chi connectivity index (χ1n) is 16.1. The van der Waals surface area contributed by atoms with Crippen molar-refractivity contribution in [1.82, 2.24) is 24.4 Å². The Morgan fingerprint density at radius 1 is 1.11 bits per heavy atom. The highest BCUT2D eigenvalue weighted by Crippen LogP contribution is 2.52. The zero-order chi connectivity index (χ0) is 38.7. The second-order valence-electron chi connectivity index (χ2n) is 12.8. The van der Waals surface area contributed by atoms with Gasteiger partial charge in [0, 0.05) is 49.0 Å². The number of fused-ring (bicyclic) bond motifs is 4. The van der Waals surface area contributed by atoms with Crippen LogP contribution in [0.15, 0.2) is 29.3 Å². The number of nitrogens with two attached hydrogens (primary N) is 2. The number of carbonyl (C=O) groups is 4. The Hall–Kier alpha value is -5.64. The van der Waals surface area contributed by atoms with E-state index in [4.69, 9.17) is 25.7 Å². The molecule has 0 saturated carbocycles. The van der Waals surface area contributed by atoms with Crippen LogP contribution in [-0.2, 0) is 27.7 Å². The summed E-state index contributed by atoms with van der Waals surface area (Å²) >= 11 is 0. The Morgan fingerprint density at radius 3 is 2.45 bits per heavy atom. The molecule has 6 atom stereocenters. The Labute approximate surface area is 298 Å². The zero-order valence-electron chi connectivity index (χ0n) is 28.4. The van der Waals surface area contributed by atoms with Crippen LogP contribution in [0.5, 0.6) is 17.2 Å². The molecule has 2 aromatic heterocycles. The van der Waals surface area contributed by atoms with Crippen LogP contribution < -0.4 is 21.9 Å². The first-order chi connectivity index (χ1) is 25.0. The van der Waals surface area contributed by atoms with E-state index in [0.29, 0.717) is 0 Å². The molecule has 1 amide bonds. The fourth-order valence-electron chi connectivity index (χ4n) is 6.81. The first kappa shape index (κ1) is 37.1. The number of imidazole rings is 1. The molecule has 2 aliphatic carbocycles. The first-order valence-corrected chi connectivity index (χ1v) is 16.1. The molecule has 0 bridgehead atoms. The molecule has 4 aromatic rings. The summed E-state index contributed by atoms with van der Waals surface area (Å²) in [4.78, 5) is 65.6. The van der Waals surface area contributed by atoms with E-state index in [1.54, 1.807) is 6.92 Å². The van der Waals surface area contributed by atoms with Gasteiger partial charge in [-0.1, -0.05) is 17.3 Å². The molecular formula is C33H35N7O13. The van der Waals surface area contributed by atoms with E-state index in [1.807, 2.05) is 0 Å². The number of ether oxygens (including phenoxy) is 3. The lowest BCUT2D eigenvalue weighted by atomic mass is 9.72. The number of aliphatic hydroxyl groups is 3. The summed E-state index contributed by atoms with van der Waals surface area (Å²) in [6.07, 6.45) is -3.94. The van der Waals surface area contributed by atoms with Crippen LogP contribution in [0.3, 0.4) is 0 Å². The molecule has 3 aliphatic rings. The van der Waals surface area contributed by atoms with Gasteiger partial charge in [-0.05, 0) is 13.0 Å². The van der Waals surface area contributed by atoms with Crippen molar-refractivity contribution in [3.63, 3.8) is 0 Å². The number of aromatic hydroxyl groups is 2. The zero-order valence-corrected chi connectivity index (χ0v) is 28.4. The highest BCUT2D eigenvalue weighted by molar-refractivity contribution is 6.31. The molecular weight excluding hydrogens is 702 g/mol. The van der Waals surface area contributed by atoms with Gasteiger partial charge in [-0.15, -0.1) is 5.10 Å². The van der Waals surface area contributed by atoms with Crippen molar-refractivity contribution in [1.29, 1.82) is 0 Å². The van der Waals surface area contributed by atoms with Gasteiger partial charge in [0.1, 0.15) is 35.8 Å². The van der Waals surface area contributed by atoms with Crippen molar-refractivity contribution in [2.75, 3.05) is 13.7 Å². The third-order valence-electron chi connectivity index (χ3n) is 9.54. The van der Waals surface area contributed by atoms with Gasteiger partial charge in [-0.2, -0.15) is 4.68 Å². The third-order valence-corrected chi connectivity index (χ3v) is 9.54. The third kappa shape index (κ3) is 6.09. The van der Waals surface area contributed by atoms with Crippen LogP contribution in [0.1, 0.15) is 79.3 Å². The number of nitrogens with zero attached hydrogens (tertiary/aromatic N) is 5. The minimum atomic E-state index is -2.24. The maximum absolute atomic E-state index is 13.6. The lowest BCUT2D eigenvalue weighted by molar-refractivity contribution is -0.247. The summed E-state index contributed by atoms with van der Waals surface area (Å²) in [6, 6.07) is 3.64. The number of phenolic OH excluding ortho intramolecular Hbond substituents is 2. The Morgan fingerprint density at radius 2 is 1.81 bits per heavy atom. The van der Waals surface area contributed by atoms with Gasteiger partial charge in [0.2, 0.25) is 5.78 Å². The van der Waals surface area contributed by atoms with Gasteiger partial charge >= 0.3 is 5.69 Å². The van der Waals surface area contributed by atoms with Gasteiger partial charge in [-0.25, -0.2) is 14.2 Å². The molecule has 20 heteroatoms. The van der Waals surface area contributed by atoms with Gasteiger partial charge in [0.15, 0.2) is 29.2 Å². The molecule has 0 spiro atoms. The smallest absolute Gasteiger partial charge is 0.352 e. The monoisotopic (exact) mass is 737 g/mol. The minimum Gasteiger partial charge on any atom is -0.507 e. The molecule has 1 fully saturated rings. The van der Waals surface area contributed by atoms with E-state index in [1.165, 1.54) is 38.7 Å². The van der Waals surface area contributed by atoms with Gasteiger partial charge in [0.05, 0.1) is 42.1 Å². The van der Waals surface area contributed by atoms with Gasteiger partial charge < -0.3 is 51.2 Å². The second kappa shape index (κ2) is 13.7. The Balaban J connectivity index is 0.000000286. The molecule has 53 heavy (non-hydrogen) atoms. The van der Waals surface area contributed by atoms with E-state index in [2.05, 4.69) is 15.3 Å². The summed E-state index contributed by atoms with van der Waals surface area (Å²) in [5.74, 6) is -4.52. The number of hydrogen-bond donors (Lipinski definition) is 7. The van der Waals surface area contributed by atoms with Crippen molar-refractivity contribution in [3.8, 4) is 17.2 Å². The van der Waals surface area contributed by atoms with Crippen LogP contribution in [0.25, 0.3) is 5.65 Å². The predicted molar refractivity (Wildman–Crippen MR) is 176 cm³/mol. The molecule has 7 rings (SSSR count). The molecule has 3 heterocycles. The van der Waals surface area contributed by atoms with Crippen molar-refractivity contribution >= 4 is 28.9 Å². The average molecular weight is 738 g/mol. The number of primary amides is 1. The second-order valence-corrected chi connectivity index (χ2v) is 12.8. The predicted octanol–water partition coefficient (Wildman–Crippen LogP) is -2.08.